The molecule has 1 aromatic rings. The predicted octanol–water partition coefficient (Wildman–Crippen LogP) is 2.39. The molecule has 1 aromatic heterocycles. The molecule has 0 bridgehead atoms. The number of amides is 1. The summed E-state index contributed by atoms with van der Waals surface area (Å²) in [7, 11) is 1.55. The first-order valence-corrected chi connectivity index (χ1v) is 6.32. The van der Waals surface area contributed by atoms with Gasteiger partial charge >= 0.3 is 0 Å². The summed E-state index contributed by atoms with van der Waals surface area (Å²) >= 11 is 11.5. The molecule has 0 unspecified atom stereocenters. The molecule has 19 heavy (non-hydrogen) atoms. The van der Waals surface area contributed by atoms with Crippen LogP contribution in [0.2, 0.25) is 10.2 Å². The number of nitriles is 1. The van der Waals surface area contributed by atoms with Crippen molar-refractivity contribution in [3.05, 3.63) is 28.0 Å². The van der Waals surface area contributed by atoms with Crippen LogP contribution >= 0.6 is 23.2 Å². The van der Waals surface area contributed by atoms with Gasteiger partial charge in [-0.1, -0.05) is 23.2 Å². The Morgan fingerprint density at radius 3 is 2.84 bits per heavy atom. The SMILES string of the molecule is COCCN(CCC#N)C(=O)c1cnc(Cl)c(Cl)c1. The smallest absolute Gasteiger partial charge is 0.255 e. The van der Waals surface area contributed by atoms with Gasteiger partial charge in [0.2, 0.25) is 0 Å². The molecule has 0 N–H and O–H groups in total. The summed E-state index contributed by atoms with van der Waals surface area (Å²) in [6, 6.07) is 3.47. The van der Waals surface area contributed by atoms with E-state index >= 15 is 0 Å². The molecule has 0 saturated heterocycles. The van der Waals surface area contributed by atoms with Gasteiger partial charge < -0.3 is 9.64 Å². The second kappa shape index (κ2) is 7.95. The standard InChI is InChI=1S/C12H13Cl2N3O2/c1-19-6-5-17(4-2-3-15)12(18)9-7-10(13)11(14)16-8-9/h7-8H,2,4-6H2,1H3. The highest BCUT2D eigenvalue weighted by atomic mass is 35.5. The van der Waals surface area contributed by atoms with Crippen LogP contribution in [0, 0.1) is 11.3 Å². The maximum atomic E-state index is 12.2. The van der Waals surface area contributed by atoms with E-state index in [-0.39, 0.29) is 22.5 Å². The Bertz CT molecular complexity index is 488. The first-order chi connectivity index (χ1) is 9.10. The molecule has 0 fully saturated rings. The Hall–Kier alpha value is -1.35. The van der Waals surface area contributed by atoms with E-state index in [2.05, 4.69) is 4.98 Å². The van der Waals surface area contributed by atoms with Crippen LogP contribution in [0.1, 0.15) is 16.8 Å². The second-order valence-corrected chi connectivity index (χ2v) is 4.45. The topological polar surface area (TPSA) is 66.2 Å². The van der Waals surface area contributed by atoms with Crippen LogP contribution in [0.5, 0.6) is 0 Å². The van der Waals surface area contributed by atoms with Crippen molar-refractivity contribution in [2.45, 2.75) is 6.42 Å². The Morgan fingerprint density at radius 2 is 2.26 bits per heavy atom. The summed E-state index contributed by atoms with van der Waals surface area (Å²) in [5, 5.41) is 8.98. The van der Waals surface area contributed by atoms with Crippen LogP contribution in [0.3, 0.4) is 0 Å². The Balaban J connectivity index is 2.84. The van der Waals surface area contributed by atoms with Crippen LogP contribution < -0.4 is 0 Å². The van der Waals surface area contributed by atoms with Gasteiger partial charge in [-0.15, -0.1) is 0 Å². The van der Waals surface area contributed by atoms with Gasteiger partial charge in [0, 0.05) is 26.4 Å². The number of nitrogens with zero attached hydrogens (tertiary/aromatic N) is 3. The molecule has 1 amide bonds. The van der Waals surface area contributed by atoms with E-state index < -0.39 is 0 Å². The highest BCUT2D eigenvalue weighted by Crippen LogP contribution is 2.20. The van der Waals surface area contributed by atoms with E-state index in [0.29, 0.717) is 25.3 Å². The highest BCUT2D eigenvalue weighted by Gasteiger charge is 2.16. The van der Waals surface area contributed by atoms with Crippen molar-refractivity contribution < 1.29 is 9.53 Å². The molecule has 7 heteroatoms. The second-order valence-electron chi connectivity index (χ2n) is 3.69. The van der Waals surface area contributed by atoms with Crippen LogP contribution in [0.25, 0.3) is 0 Å². The lowest BCUT2D eigenvalue weighted by Gasteiger charge is -2.21. The van der Waals surface area contributed by atoms with Gasteiger partial charge in [0.05, 0.1) is 29.7 Å². The average Bonchev–Trinajstić information content (AvgIpc) is 2.41. The van der Waals surface area contributed by atoms with E-state index in [1.54, 1.807) is 7.11 Å². The molecule has 0 saturated carbocycles. The predicted molar refractivity (Wildman–Crippen MR) is 72.3 cm³/mol. The number of hydrogen-bond donors (Lipinski definition) is 0. The fourth-order valence-corrected chi connectivity index (χ4v) is 1.69. The number of carbonyl (C=O) groups excluding carboxylic acids is 1. The molecule has 0 aromatic carbocycles. The van der Waals surface area contributed by atoms with E-state index in [1.165, 1.54) is 17.2 Å². The van der Waals surface area contributed by atoms with Gasteiger partial charge in [0.25, 0.3) is 5.91 Å². The van der Waals surface area contributed by atoms with Gasteiger partial charge in [0.15, 0.2) is 0 Å². The zero-order valence-corrected chi connectivity index (χ0v) is 11.9. The molecule has 1 heterocycles. The van der Waals surface area contributed by atoms with Crippen LogP contribution in [-0.2, 0) is 4.74 Å². The monoisotopic (exact) mass is 301 g/mol. The molecule has 0 spiro atoms. The molecule has 0 radical (unpaired) electrons. The highest BCUT2D eigenvalue weighted by molar-refractivity contribution is 6.41. The van der Waals surface area contributed by atoms with Gasteiger partial charge in [-0.25, -0.2) is 4.98 Å². The third-order valence-corrected chi connectivity index (χ3v) is 3.08. The number of carbonyl (C=O) groups is 1. The molecule has 0 aliphatic carbocycles. The summed E-state index contributed by atoms with van der Waals surface area (Å²) in [6.45, 7) is 1.13. The third kappa shape index (κ3) is 4.67. The van der Waals surface area contributed by atoms with E-state index in [1.807, 2.05) is 6.07 Å². The summed E-state index contributed by atoms with van der Waals surface area (Å²) in [5.41, 5.74) is 0.337. The summed E-state index contributed by atoms with van der Waals surface area (Å²) in [6.07, 6.45) is 1.62. The lowest BCUT2D eigenvalue weighted by atomic mass is 10.2. The fourth-order valence-electron chi connectivity index (χ4n) is 1.42. The van der Waals surface area contributed by atoms with Crippen molar-refractivity contribution in [1.29, 1.82) is 5.26 Å². The molecule has 0 aliphatic heterocycles. The van der Waals surface area contributed by atoms with Crippen molar-refractivity contribution in [3.8, 4) is 6.07 Å². The maximum Gasteiger partial charge on any atom is 0.255 e. The third-order valence-electron chi connectivity index (χ3n) is 2.39. The molecule has 1 rings (SSSR count). The number of halogens is 2. The van der Waals surface area contributed by atoms with Crippen molar-refractivity contribution in [1.82, 2.24) is 9.88 Å². The fraction of sp³-hybridized carbons (Fsp3) is 0.417. The zero-order valence-electron chi connectivity index (χ0n) is 10.4. The minimum atomic E-state index is -0.252. The largest absolute Gasteiger partial charge is 0.383 e. The van der Waals surface area contributed by atoms with Gasteiger partial charge in [-0.05, 0) is 6.07 Å². The lowest BCUT2D eigenvalue weighted by molar-refractivity contribution is 0.0699. The minimum absolute atomic E-state index is 0.152. The van der Waals surface area contributed by atoms with E-state index in [9.17, 15) is 4.79 Å². The van der Waals surface area contributed by atoms with Crippen molar-refractivity contribution in [3.63, 3.8) is 0 Å². The van der Waals surface area contributed by atoms with Gasteiger partial charge in [0.1, 0.15) is 5.15 Å². The zero-order chi connectivity index (χ0) is 14.3. The number of hydrogen-bond acceptors (Lipinski definition) is 4. The lowest BCUT2D eigenvalue weighted by Crippen LogP contribution is -2.34. The first kappa shape index (κ1) is 15.7. The first-order valence-electron chi connectivity index (χ1n) is 5.56. The Labute approximate surface area is 121 Å². The normalized spacial score (nSPS) is 10.0. The molecule has 102 valence electrons. The molecular formula is C12H13Cl2N3O2. The van der Waals surface area contributed by atoms with Gasteiger partial charge in [-0.2, -0.15) is 5.26 Å². The van der Waals surface area contributed by atoms with E-state index in [0.717, 1.165) is 0 Å². The van der Waals surface area contributed by atoms with Crippen LogP contribution in [-0.4, -0.2) is 42.6 Å². The molecule has 5 nitrogen and oxygen atoms in total. The number of aromatic nitrogens is 1. The van der Waals surface area contributed by atoms with Crippen LogP contribution in [0.15, 0.2) is 12.3 Å². The Kier molecular flexibility index (Phi) is 6.57. The Morgan fingerprint density at radius 1 is 1.53 bits per heavy atom. The number of rotatable bonds is 6. The summed E-state index contributed by atoms with van der Waals surface area (Å²) < 4.78 is 4.94. The van der Waals surface area contributed by atoms with Crippen LogP contribution in [0.4, 0.5) is 0 Å². The number of ether oxygens (including phenoxy) is 1. The summed E-state index contributed by atoms with van der Waals surface area (Å²) in [4.78, 5) is 17.6. The molecule has 0 atom stereocenters. The van der Waals surface area contributed by atoms with Crippen molar-refractivity contribution in [2.75, 3.05) is 26.8 Å². The quantitative estimate of drug-likeness (QED) is 0.757. The molecule has 0 aliphatic rings. The minimum Gasteiger partial charge on any atom is -0.383 e. The number of methoxy groups -OCH3 is 1. The van der Waals surface area contributed by atoms with Gasteiger partial charge in [-0.3, -0.25) is 4.79 Å². The molecular weight excluding hydrogens is 289 g/mol. The maximum absolute atomic E-state index is 12.2. The van der Waals surface area contributed by atoms with E-state index in [4.69, 9.17) is 33.2 Å². The average molecular weight is 302 g/mol. The van der Waals surface area contributed by atoms with Crippen molar-refractivity contribution in [2.24, 2.45) is 0 Å². The number of pyridine rings is 1. The summed E-state index contributed by atoms with van der Waals surface area (Å²) in [5.74, 6) is -0.252. The van der Waals surface area contributed by atoms with Crippen molar-refractivity contribution >= 4 is 29.1 Å².